The lowest BCUT2D eigenvalue weighted by molar-refractivity contribution is 0.0954. The van der Waals surface area contributed by atoms with Gasteiger partial charge in [0.25, 0.3) is 5.91 Å². The average molecular weight is 452 g/mol. The number of para-hydroxylation sites is 1. The molecule has 0 bridgehead atoms. The van der Waals surface area contributed by atoms with E-state index in [1.165, 1.54) is 5.56 Å². The number of carbonyl (C=O) groups is 1. The van der Waals surface area contributed by atoms with Crippen molar-refractivity contribution in [3.05, 3.63) is 114 Å². The molecular weight excluding hydrogens is 426 g/mol. The number of hydrogen-bond acceptors (Lipinski definition) is 4. The number of hydrogen-bond donors (Lipinski definition) is 1. The highest BCUT2D eigenvalue weighted by molar-refractivity contribution is 5.94. The zero-order valence-corrected chi connectivity index (χ0v) is 18.9. The van der Waals surface area contributed by atoms with Gasteiger partial charge < -0.3 is 14.5 Å². The summed E-state index contributed by atoms with van der Waals surface area (Å²) < 4.78 is 9.68. The van der Waals surface area contributed by atoms with Gasteiger partial charge in [0.1, 0.15) is 18.0 Å². The van der Waals surface area contributed by atoms with E-state index >= 15 is 0 Å². The number of rotatable bonds is 8. The van der Waals surface area contributed by atoms with Crippen LogP contribution in [0.25, 0.3) is 11.3 Å². The lowest BCUT2D eigenvalue weighted by Gasteiger charge is -2.07. The minimum absolute atomic E-state index is 0.121. The summed E-state index contributed by atoms with van der Waals surface area (Å²) in [6.07, 6.45) is 6.59. The predicted molar refractivity (Wildman–Crippen MR) is 130 cm³/mol. The van der Waals surface area contributed by atoms with Crippen molar-refractivity contribution in [2.24, 2.45) is 0 Å². The summed E-state index contributed by atoms with van der Waals surface area (Å²) in [7, 11) is 0. The Morgan fingerprint density at radius 3 is 2.59 bits per heavy atom. The summed E-state index contributed by atoms with van der Waals surface area (Å²) in [6, 6.07) is 23.1. The van der Waals surface area contributed by atoms with Gasteiger partial charge in [-0.3, -0.25) is 4.79 Å². The molecule has 3 heterocycles. The number of ether oxygens (including phenoxy) is 1. The van der Waals surface area contributed by atoms with Gasteiger partial charge in [0.15, 0.2) is 0 Å². The van der Waals surface area contributed by atoms with Crippen LogP contribution in [0.3, 0.4) is 0 Å². The zero-order valence-electron chi connectivity index (χ0n) is 18.9. The second-order valence-electron chi connectivity index (χ2n) is 8.11. The summed E-state index contributed by atoms with van der Waals surface area (Å²) in [5.41, 5.74) is 5.44. The van der Waals surface area contributed by atoms with Gasteiger partial charge in [-0.25, -0.2) is 9.67 Å². The monoisotopic (exact) mass is 451 g/mol. The van der Waals surface area contributed by atoms with Gasteiger partial charge in [-0.2, -0.15) is 5.10 Å². The number of fused-ring (bicyclic) bond motifs is 1. The molecule has 3 aromatic heterocycles. The molecule has 1 amide bonds. The molecule has 170 valence electrons. The van der Waals surface area contributed by atoms with Crippen LogP contribution in [0.4, 0.5) is 0 Å². The van der Waals surface area contributed by atoms with Crippen LogP contribution in [0.15, 0.2) is 91.4 Å². The maximum Gasteiger partial charge on any atom is 0.251 e. The van der Waals surface area contributed by atoms with Gasteiger partial charge in [-0.05, 0) is 61.0 Å². The van der Waals surface area contributed by atoms with Crippen LogP contribution in [-0.4, -0.2) is 31.6 Å². The van der Waals surface area contributed by atoms with Crippen molar-refractivity contribution < 1.29 is 9.53 Å². The van der Waals surface area contributed by atoms with Crippen molar-refractivity contribution in [1.82, 2.24) is 24.5 Å². The fourth-order valence-electron chi connectivity index (χ4n) is 3.71. The number of imidazole rings is 1. The highest BCUT2D eigenvalue weighted by Gasteiger charge is 2.08. The molecule has 0 radical (unpaired) electrons. The molecule has 0 spiro atoms. The van der Waals surface area contributed by atoms with Gasteiger partial charge in [0.05, 0.1) is 17.1 Å². The van der Waals surface area contributed by atoms with Gasteiger partial charge >= 0.3 is 0 Å². The first-order chi connectivity index (χ1) is 16.6. The third-order valence-corrected chi connectivity index (χ3v) is 5.48. The number of pyridine rings is 1. The van der Waals surface area contributed by atoms with Crippen LogP contribution >= 0.6 is 0 Å². The standard InChI is InChI=1S/C27H25N5O2/c1-20-7-12-26-29-23(18-31(26)17-20)19-34-25-10-8-21(9-11-25)27(33)28-15-13-22-14-16-32(30-22)24-5-3-2-4-6-24/h2-12,14,16-18H,13,15,19H2,1H3,(H,28,33). The smallest absolute Gasteiger partial charge is 0.251 e. The van der Waals surface area contributed by atoms with E-state index in [-0.39, 0.29) is 5.91 Å². The summed E-state index contributed by atoms with van der Waals surface area (Å²) in [4.78, 5) is 17.0. The van der Waals surface area contributed by atoms with Gasteiger partial charge in [-0.1, -0.05) is 24.3 Å². The molecule has 1 N–H and O–H groups in total. The highest BCUT2D eigenvalue weighted by atomic mass is 16.5. The van der Waals surface area contributed by atoms with Crippen molar-refractivity contribution in [2.75, 3.05) is 6.54 Å². The van der Waals surface area contributed by atoms with E-state index in [9.17, 15) is 4.79 Å². The Morgan fingerprint density at radius 1 is 0.941 bits per heavy atom. The number of amides is 1. The van der Waals surface area contributed by atoms with Gasteiger partial charge in [-0.15, -0.1) is 0 Å². The fraction of sp³-hybridized carbons (Fsp3) is 0.148. The molecule has 0 unspecified atom stereocenters. The lowest BCUT2D eigenvalue weighted by atomic mass is 10.2. The Kier molecular flexibility index (Phi) is 6.07. The molecule has 34 heavy (non-hydrogen) atoms. The fourth-order valence-corrected chi connectivity index (χ4v) is 3.71. The summed E-state index contributed by atoms with van der Waals surface area (Å²) >= 11 is 0. The number of aryl methyl sites for hydroxylation is 1. The molecule has 0 aliphatic carbocycles. The quantitative estimate of drug-likeness (QED) is 0.380. The van der Waals surface area contributed by atoms with Crippen molar-refractivity contribution >= 4 is 11.6 Å². The molecule has 0 aliphatic heterocycles. The molecule has 7 heteroatoms. The largest absolute Gasteiger partial charge is 0.487 e. The summed E-state index contributed by atoms with van der Waals surface area (Å²) in [6.45, 7) is 2.92. The Labute approximate surface area is 197 Å². The molecule has 0 atom stereocenters. The van der Waals surface area contributed by atoms with Crippen molar-refractivity contribution in [1.29, 1.82) is 0 Å². The van der Waals surface area contributed by atoms with Crippen molar-refractivity contribution in [3.8, 4) is 11.4 Å². The Bertz CT molecular complexity index is 1400. The third kappa shape index (κ3) is 4.99. The molecule has 5 rings (SSSR count). The topological polar surface area (TPSA) is 73.4 Å². The van der Waals surface area contributed by atoms with E-state index in [1.807, 2.05) is 83.1 Å². The number of carbonyl (C=O) groups excluding carboxylic acids is 1. The Balaban J connectivity index is 1.11. The van der Waals surface area contributed by atoms with E-state index in [4.69, 9.17) is 4.74 Å². The minimum atomic E-state index is -0.121. The highest BCUT2D eigenvalue weighted by Crippen LogP contribution is 2.15. The van der Waals surface area contributed by atoms with Crippen molar-refractivity contribution in [2.45, 2.75) is 20.0 Å². The molecule has 0 saturated carbocycles. The normalized spacial score (nSPS) is 11.0. The third-order valence-electron chi connectivity index (χ3n) is 5.48. The average Bonchev–Trinajstić information content (AvgIpc) is 3.50. The molecule has 5 aromatic rings. The maximum atomic E-state index is 12.5. The van der Waals surface area contributed by atoms with Crippen LogP contribution in [0.2, 0.25) is 0 Å². The molecule has 2 aromatic carbocycles. The van der Waals surface area contributed by atoms with Crippen LogP contribution in [-0.2, 0) is 13.0 Å². The number of nitrogens with zero attached hydrogens (tertiary/aromatic N) is 4. The molecule has 7 nitrogen and oxygen atoms in total. The number of aromatic nitrogens is 4. The summed E-state index contributed by atoms with van der Waals surface area (Å²) in [5, 5.41) is 7.52. The SMILES string of the molecule is Cc1ccc2nc(COc3ccc(C(=O)NCCc4ccn(-c5ccccc5)n4)cc3)cn2c1. The van der Waals surface area contributed by atoms with E-state index in [0.717, 1.165) is 22.7 Å². The second kappa shape index (κ2) is 9.62. The number of benzene rings is 2. The van der Waals surface area contributed by atoms with Crippen LogP contribution in [0.5, 0.6) is 5.75 Å². The van der Waals surface area contributed by atoms with Crippen LogP contribution in [0.1, 0.15) is 27.3 Å². The Morgan fingerprint density at radius 2 is 1.76 bits per heavy atom. The molecule has 0 saturated heterocycles. The molecule has 0 fully saturated rings. The first kappa shape index (κ1) is 21.5. The first-order valence-corrected chi connectivity index (χ1v) is 11.2. The van der Waals surface area contributed by atoms with Gasteiger partial charge in [0, 0.05) is 37.1 Å². The van der Waals surface area contributed by atoms with Crippen LogP contribution < -0.4 is 10.1 Å². The van der Waals surface area contributed by atoms with E-state index < -0.39 is 0 Å². The van der Waals surface area contributed by atoms with E-state index in [1.54, 1.807) is 24.3 Å². The van der Waals surface area contributed by atoms with E-state index in [0.29, 0.717) is 30.9 Å². The molecular formula is C27H25N5O2. The van der Waals surface area contributed by atoms with Crippen molar-refractivity contribution in [3.63, 3.8) is 0 Å². The second-order valence-corrected chi connectivity index (χ2v) is 8.11. The zero-order chi connectivity index (χ0) is 23.3. The minimum Gasteiger partial charge on any atom is -0.487 e. The predicted octanol–water partition coefficient (Wildman–Crippen LogP) is 4.38. The summed E-state index contributed by atoms with van der Waals surface area (Å²) in [5.74, 6) is 0.570. The maximum absolute atomic E-state index is 12.5. The Hall–Kier alpha value is -4.39. The van der Waals surface area contributed by atoms with E-state index in [2.05, 4.69) is 15.4 Å². The lowest BCUT2D eigenvalue weighted by Crippen LogP contribution is -2.25. The first-order valence-electron chi connectivity index (χ1n) is 11.2. The van der Waals surface area contributed by atoms with Gasteiger partial charge in [0.2, 0.25) is 0 Å². The number of nitrogens with one attached hydrogen (secondary N) is 1. The van der Waals surface area contributed by atoms with Crippen LogP contribution in [0, 0.1) is 6.92 Å². The molecule has 0 aliphatic rings.